The molecule has 0 unspecified atom stereocenters. The molecule has 0 radical (unpaired) electrons. The third kappa shape index (κ3) is 3.00. The lowest BCUT2D eigenvalue weighted by molar-refractivity contribution is -0.121. The van der Waals surface area contributed by atoms with Crippen molar-refractivity contribution in [2.24, 2.45) is 0 Å². The van der Waals surface area contributed by atoms with Crippen molar-refractivity contribution in [2.75, 3.05) is 11.5 Å². The first-order valence-corrected chi connectivity index (χ1v) is 6.50. The summed E-state index contributed by atoms with van der Waals surface area (Å²) in [5, 5.41) is 12.4. The molecule has 1 aromatic rings. The summed E-state index contributed by atoms with van der Waals surface area (Å²) in [7, 11) is 0. The summed E-state index contributed by atoms with van der Waals surface area (Å²) < 4.78 is 0. The van der Waals surface area contributed by atoms with E-state index >= 15 is 0 Å². The van der Waals surface area contributed by atoms with Gasteiger partial charge >= 0.3 is 0 Å². The molecule has 2 rings (SSSR count). The van der Waals surface area contributed by atoms with Crippen molar-refractivity contribution in [1.29, 1.82) is 0 Å². The monoisotopic (exact) mass is 237 g/mol. The lowest BCUT2D eigenvalue weighted by atomic mass is 10.1. The normalized spacial score (nSPS) is 24.3. The molecule has 2 N–H and O–H groups in total. The van der Waals surface area contributed by atoms with Gasteiger partial charge in [0.1, 0.15) is 0 Å². The second-order valence-corrected chi connectivity index (χ2v) is 5.02. The number of amides is 1. The zero-order chi connectivity index (χ0) is 11.4. The first kappa shape index (κ1) is 11.5. The molecule has 86 valence electrons. The first-order chi connectivity index (χ1) is 7.75. The molecule has 0 saturated carbocycles. The molecule has 1 aromatic carbocycles. The van der Waals surface area contributed by atoms with Crippen molar-refractivity contribution in [3.05, 3.63) is 35.9 Å². The SMILES string of the molecule is O=C(Cc1ccccc1)N[C@@H]1CSC[C@@H]1O. The molecular formula is C12H15NO2S. The average Bonchev–Trinajstić information content (AvgIpc) is 2.66. The summed E-state index contributed by atoms with van der Waals surface area (Å²) in [6, 6.07) is 9.55. The first-order valence-electron chi connectivity index (χ1n) is 5.35. The fraction of sp³-hybridized carbons (Fsp3) is 0.417. The van der Waals surface area contributed by atoms with Crippen LogP contribution in [0.3, 0.4) is 0 Å². The van der Waals surface area contributed by atoms with E-state index in [2.05, 4.69) is 5.32 Å². The molecule has 1 aliphatic heterocycles. The van der Waals surface area contributed by atoms with Gasteiger partial charge in [0, 0.05) is 11.5 Å². The van der Waals surface area contributed by atoms with E-state index in [1.165, 1.54) is 0 Å². The Hall–Kier alpha value is -1.00. The van der Waals surface area contributed by atoms with Crippen molar-refractivity contribution < 1.29 is 9.90 Å². The van der Waals surface area contributed by atoms with Crippen molar-refractivity contribution in [2.45, 2.75) is 18.6 Å². The topological polar surface area (TPSA) is 49.3 Å². The van der Waals surface area contributed by atoms with Crippen LogP contribution in [-0.2, 0) is 11.2 Å². The van der Waals surface area contributed by atoms with Crippen LogP contribution in [0.1, 0.15) is 5.56 Å². The minimum absolute atomic E-state index is 0.0160. The van der Waals surface area contributed by atoms with Crippen molar-refractivity contribution in [3.63, 3.8) is 0 Å². The lowest BCUT2D eigenvalue weighted by Crippen LogP contribution is -2.43. The van der Waals surface area contributed by atoms with Crippen molar-refractivity contribution in [3.8, 4) is 0 Å². The third-order valence-corrected chi connectivity index (χ3v) is 3.78. The highest BCUT2D eigenvalue weighted by Crippen LogP contribution is 2.18. The summed E-state index contributed by atoms with van der Waals surface area (Å²) in [6.45, 7) is 0. The van der Waals surface area contributed by atoms with Crippen LogP contribution in [0.4, 0.5) is 0 Å². The number of carbonyl (C=O) groups is 1. The molecule has 0 bridgehead atoms. The molecular weight excluding hydrogens is 222 g/mol. The number of carbonyl (C=O) groups excluding carboxylic acids is 1. The van der Waals surface area contributed by atoms with E-state index in [4.69, 9.17) is 0 Å². The van der Waals surface area contributed by atoms with Gasteiger partial charge in [-0.2, -0.15) is 11.8 Å². The van der Waals surface area contributed by atoms with E-state index < -0.39 is 6.10 Å². The Bertz CT molecular complexity index is 355. The molecule has 4 heteroatoms. The van der Waals surface area contributed by atoms with Crippen LogP contribution in [0.2, 0.25) is 0 Å². The minimum atomic E-state index is -0.398. The molecule has 1 amide bonds. The molecule has 16 heavy (non-hydrogen) atoms. The van der Waals surface area contributed by atoms with E-state index in [0.29, 0.717) is 6.42 Å². The van der Waals surface area contributed by atoms with Gasteiger partial charge in [0.2, 0.25) is 5.91 Å². The number of benzene rings is 1. The molecule has 0 spiro atoms. The number of thioether (sulfide) groups is 1. The van der Waals surface area contributed by atoms with E-state index in [1.54, 1.807) is 11.8 Å². The quantitative estimate of drug-likeness (QED) is 0.818. The summed E-state index contributed by atoms with van der Waals surface area (Å²) in [6.07, 6.45) is -0.0147. The maximum atomic E-state index is 11.7. The standard InChI is InChI=1S/C12H15NO2S/c14-11-8-16-7-10(11)13-12(15)6-9-4-2-1-3-5-9/h1-5,10-11,14H,6-8H2,(H,13,15)/t10-,11+/m1/s1. The van der Waals surface area contributed by atoms with Gasteiger partial charge < -0.3 is 10.4 Å². The maximum Gasteiger partial charge on any atom is 0.224 e. The Labute approximate surface area is 99.2 Å². The molecule has 0 aliphatic carbocycles. The van der Waals surface area contributed by atoms with E-state index in [9.17, 15) is 9.90 Å². The van der Waals surface area contributed by atoms with Crippen LogP contribution < -0.4 is 5.32 Å². The highest BCUT2D eigenvalue weighted by atomic mass is 32.2. The number of hydrogen-bond acceptors (Lipinski definition) is 3. The maximum absolute atomic E-state index is 11.7. The molecule has 1 aliphatic rings. The summed E-state index contributed by atoms with van der Waals surface area (Å²) in [5.41, 5.74) is 1.00. The average molecular weight is 237 g/mol. The highest BCUT2D eigenvalue weighted by Gasteiger charge is 2.26. The molecule has 1 saturated heterocycles. The summed E-state index contributed by atoms with van der Waals surface area (Å²) in [5.74, 6) is 1.51. The zero-order valence-electron chi connectivity index (χ0n) is 8.93. The predicted molar refractivity (Wildman–Crippen MR) is 65.4 cm³/mol. The minimum Gasteiger partial charge on any atom is -0.390 e. The van der Waals surface area contributed by atoms with Crippen LogP contribution >= 0.6 is 11.8 Å². The van der Waals surface area contributed by atoms with Gasteiger partial charge in [-0.1, -0.05) is 30.3 Å². The number of rotatable bonds is 3. The number of aliphatic hydroxyl groups is 1. The highest BCUT2D eigenvalue weighted by molar-refractivity contribution is 7.99. The van der Waals surface area contributed by atoms with Crippen LogP contribution in [-0.4, -0.2) is 34.7 Å². The summed E-state index contributed by atoms with van der Waals surface area (Å²) >= 11 is 1.67. The van der Waals surface area contributed by atoms with Gasteiger partial charge in [-0.05, 0) is 5.56 Å². The Morgan fingerprint density at radius 2 is 2.12 bits per heavy atom. The smallest absolute Gasteiger partial charge is 0.224 e. The molecule has 3 nitrogen and oxygen atoms in total. The van der Waals surface area contributed by atoms with Crippen LogP contribution in [0, 0.1) is 0 Å². The molecule has 0 aromatic heterocycles. The van der Waals surface area contributed by atoms with E-state index in [1.807, 2.05) is 30.3 Å². The lowest BCUT2D eigenvalue weighted by Gasteiger charge is -2.15. The van der Waals surface area contributed by atoms with Gasteiger partial charge in [-0.25, -0.2) is 0 Å². The number of aliphatic hydroxyl groups excluding tert-OH is 1. The third-order valence-electron chi connectivity index (χ3n) is 2.60. The Balaban J connectivity index is 1.85. The number of hydrogen-bond donors (Lipinski definition) is 2. The van der Waals surface area contributed by atoms with Gasteiger partial charge in [0.05, 0.1) is 18.6 Å². The van der Waals surface area contributed by atoms with Crippen LogP contribution in [0.25, 0.3) is 0 Å². The molecule has 2 atom stereocenters. The van der Waals surface area contributed by atoms with Gasteiger partial charge in [-0.15, -0.1) is 0 Å². The largest absolute Gasteiger partial charge is 0.390 e. The van der Waals surface area contributed by atoms with Gasteiger partial charge in [0.25, 0.3) is 0 Å². The second kappa shape index (κ2) is 5.37. The van der Waals surface area contributed by atoms with E-state index in [0.717, 1.165) is 17.1 Å². The van der Waals surface area contributed by atoms with E-state index in [-0.39, 0.29) is 11.9 Å². The Morgan fingerprint density at radius 1 is 1.38 bits per heavy atom. The van der Waals surface area contributed by atoms with Crippen LogP contribution in [0.15, 0.2) is 30.3 Å². The summed E-state index contributed by atoms with van der Waals surface area (Å²) in [4.78, 5) is 11.7. The van der Waals surface area contributed by atoms with Crippen LogP contribution in [0.5, 0.6) is 0 Å². The Kier molecular flexibility index (Phi) is 3.85. The van der Waals surface area contributed by atoms with Gasteiger partial charge in [0.15, 0.2) is 0 Å². The Morgan fingerprint density at radius 3 is 2.75 bits per heavy atom. The molecule has 1 fully saturated rings. The second-order valence-electron chi connectivity index (χ2n) is 3.94. The molecule has 1 heterocycles. The zero-order valence-corrected chi connectivity index (χ0v) is 9.74. The van der Waals surface area contributed by atoms with Crippen molar-refractivity contribution >= 4 is 17.7 Å². The fourth-order valence-corrected chi connectivity index (χ4v) is 2.89. The van der Waals surface area contributed by atoms with Gasteiger partial charge in [-0.3, -0.25) is 4.79 Å². The number of nitrogens with one attached hydrogen (secondary N) is 1. The van der Waals surface area contributed by atoms with Crippen molar-refractivity contribution in [1.82, 2.24) is 5.32 Å². The predicted octanol–water partition coefficient (Wildman–Crippen LogP) is 0.822. The fourth-order valence-electron chi connectivity index (χ4n) is 1.72.